The number of allylic oxidation sites excluding steroid dienone is 4. The highest BCUT2D eigenvalue weighted by molar-refractivity contribution is 5.92. The average molecular weight is 214 g/mol. The van der Waals surface area contributed by atoms with Crippen LogP contribution in [0.1, 0.15) is 10.4 Å². The molecule has 0 aromatic carbocycles. The molecule has 0 radical (unpaired) electrons. The Balaban J connectivity index is 2.39. The predicted octanol–water partition coefficient (Wildman–Crippen LogP) is 0.390. The van der Waals surface area contributed by atoms with E-state index in [1.54, 1.807) is 30.5 Å². The van der Waals surface area contributed by atoms with Gasteiger partial charge in [0.25, 0.3) is 5.91 Å². The molecule has 0 bridgehead atoms. The quantitative estimate of drug-likeness (QED) is 0.698. The molecule has 5 nitrogen and oxygen atoms in total. The van der Waals surface area contributed by atoms with Crippen molar-refractivity contribution >= 4 is 11.6 Å². The van der Waals surface area contributed by atoms with Crippen LogP contribution in [0, 0.1) is 0 Å². The fourth-order valence-corrected chi connectivity index (χ4v) is 1.23. The van der Waals surface area contributed by atoms with Gasteiger partial charge in [-0.1, -0.05) is 11.8 Å². The first-order chi connectivity index (χ1) is 7.66. The molecule has 1 amide bonds. The first-order valence-corrected chi connectivity index (χ1v) is 4.62. The Morgan fingerprint density at radius 1 is 1.50 bits per heavy atom. The Morgan fingerprint density at radius 2 is 2.31 bits per heavy atom. The Morgan fingerprint density at radius 3 is 3.00 bits per heavy atom. The summed E-state index contributed by atoms with van der Waals surface area (Å²) in [6, 6.07) is 0. The van der Waals surface area contributed by atoms with E-state index in [4.69, 9.17) is 11.5 Å². The first-order valence-electron chi connectivity index (χ1n) is 4.62. The van der Waals surface area contributed by atoms with Crippen LogP contribution in [-0.2, 0) is 0 Å². The normalized spacial score (nSPS) is 14.2. The molecule has 0 spiro atoms. The minimum Gasteiger partial charge on any atom is -0.398 e. The van der Waals surface area contributed by atoms with E-state index in [-0.39, 0.29) is 0 Å². The summed E-state index contributed by atoms with van der Waals surface area (Å²) >= 11 is 0. The third-order valence-electron chi connectivity index (χ3n) is 2.04. The molecule has 16 heavy (non-hydrogen) atoms. The summed E-state index contributed by atoms with van der Waals surface area (Å²) in [6.45, 7) is 0. The van der Waals surface area contributed by atoms with E-state index >= 15 is 0 Å². The van der Waals surface area contributed by atoms with Crippen LogP contribution in [0.5, 0.6) is 0 Å². The van der Waals surface area contributed by atoms with Gasteiger partial charge in [0, 0.05) is 18.0 Å². The lowest BCUT2D eigenvalue weighted by molar-refractivity contribution is 0.100. The van der Waals surface area contributed by atoms with Crippen molar-refractivity contribution in [1.82, 2.24) is 9.78 Å². The molecule has 2 rings (SSSR count). The second kappa shape index (κ2) is 3.92. The lowest BCUT2D eigenvalue weighted by Gasteiger charge is -1.96. The number of hydrogen-bond donors (Lipinski definition) is 2. The number of carbonyl (C=O) groups excluding carboxylic acids is 1. The van der Waals surface area contributed by atoms with Crippen molar-refractivity contribution in [2.45, 2.75) is 0 Å². The van der Waals surface area contributed by atoms with Crippen LogP contribution in [0.15, 0.2) is 48.1 Å². The molecule has 0 atom stereocenters. The van der Waals surface area contributed by atoms with Crippen LogP contribution in [0.2, 0.25) is 0 Å². The number of hydrogen-bond acceptors (Lipinski definition) is 3. The summed E-state index contributed by atoms with van der Waals surface area (Å²) in [4.78, 5) is 10.9. The van der Waals surface area contributed by atoms with Gasteiger partial charge >= 0.3 is 0 Å². The van der Waals surface area contributed by atoms with Crippen molar-refractivity contribution in [3.8, 4) is 0 Å². The Labute approximate surface area is 92.0 Å². The lowest BCUT2D eigenvalue weighted by atomic mass is 10.3. The van der Waals surface area contributed by atoms with Gasteiger partial charge in [0.15, 0.2) is 0 Å². The molecule has 1 aromatic heterocycles. The first kappa shape index (κ1) is 10.0. The van der Waals surface area contributed by atoms with Gasteiger partial charge in [0.05, 0.1) is 11.8 Å². The molecule has 4 N–H and O–H groups in total. The molecular formula is C11H10N4O. The number of nitrogens with zero attached hydrogens (tertiary/aromatic N) is 2. The minimum absolute atomic E-state index is 0.355. The van der Waals surface area contributed by atoms with Crippen LogP contribution < -0.4 is 11.5 Å². The van der Waals surface area contributed by atoms with E-state index in [1.165, 1.54) is 10.9 Å². The topological polar surface area (TPSA) is 86.9 Å². The van der Waals surface area contributed by atoms with Gasteiger partial charge in [-0.15, -0.1) is 0 Å². The standard InChI is InChI=1S/C11H10N4O/c12-9-2-1-3-10(5-4-9)15-7-8(6-14-15)11(13)16/h1-4,6-7H,12H2,(H2,13,16). The summed E-state index contributed by atoms with van der Waals surface area (Å²) in [5.74, 6) is -0.508. The van der Waals surface area contributed by atoms with Crippen LogP contribution in [0.3, 0.4) is 0 Å². The Hall–Kier alpha value is -2.52. The summed E-state index contributed by atoms with van der Waals surface area (Å²) < 4.78 is 1.51. The van der Waals surface area contributed by atoms with Gasteiger partial charge in [-0.3, -0.25) is 4.79 Å². The van der Waals surface area contributed by atoms with E-state index in [1.807, 2.05) is 0 Å². The number of rotatable bonds is 2. The van der Waals surface area contributed by atoms with Crippen molar-refractivity contribution < 1.29 is 4.79 Å². The predicted molar refractivity (Wildman–Crippen MR) is 59.9 cm³/mol. The molecule has 0 fully saturated rings. The maximum Gasteiger partial charge on any atom is 0.251 e. The van der Waals surface area contributed by atoms with Gasteiger partial charge < -0.3 is 11.5 Å². The highest BCUT2D eigenvalue weighted by atomic mass is 16.1. The SMILES string of the molecule is NC(=O)c1cnn(C2=C=CC(N)=CC=C2)c1. The molecule has 1 aromatic rings. The van der Waals surface area contributed by atoms with Crippen molar-refractivity contribution in [3.05, 3.63) is 53.7 Å². The number of primary amides is 1. The van der Waals surface area contributed by atoms with E-state index in [2.05, 4.69) is 10.8 Å². The van der Waals surface area contributed by atoms with Crippen LogP contribution in [0.25, 0.3) is 5.70 Å². The molecule has 1 heterocycles. The molecule has 0 saturated carbocycles. The molecule has 80 valence electrons. The van der Waals surface area contributed by atoms with E-state index in [0.29, 0.717) is 17.0 Å². The number of aromatic nitrogens is 2. The third kappa shape index (κ3) is 1.94. The summed E-state index contributed by atoms with van der Waals surface area (Å²) in [5.41, 5.74) is 15.3. The van der Waals surface area contributed by atoms with Gasteiger partial charge in [-0.05, 0) is 12.2 Å². The van der Waals surface area contributed by atoms with E-state index in [9.17, 15) is 4.79 Å². The van der Waals surface area contributed by atoms with E-state index < -0.39 is 5.91 Å². The molecule has 0 unspecified atom stereocenters. The maximum absolute atomic E-state index is 10.9. The van der Waals surface area contributed by atoms with Crippen molar-refractivity contribution in [1.29, 1.82) is 0 Å². The second-order valence-corrected chi connectivity index (χ2v) is 3.24. The van der Waals surface area contributed by atoms with Gasteiger partial charge in [0.2, 0.25) is 0 Å². The molecule has 0 aliphatic heterocycles. The molecule has 1 aliphatic rings. The van der Waals surface area contributed by atoms with Crippen molar-refractivity contribution in [2.75, 3.05) is 0 Å². The molecule has 1 aliphatic carbocycles. The second-order valence-electron chi connectivity index (χ2n) is 3.24. The van der Waals surface area contributed by atoms with Crippen LogP contribution in [0.4, 0.5) is 0 Å². The Kier molecular flexibility index (Phi) is 2.45. The molecule has 5 heteroatoms. The summed E-state index contributed by atoms with van der Waals surface area (Å²) in [5, 5.41) is 4.01. The fourth-order valence-electron chi connectivity index (χ4n) is 1.23. The lowest BCUT2D eigenvalue weighted by Crippen LogP contribution is -2.09. The average Bonchev–Trinajstić information content (AvgIpc) is 2.63. The van der Waals surface area contributed by atoms with Crippen molar-refractivity contribution in [2.24, 2.45) is 11.5 Å². The largest absolute Gasteiger partial charge is 0.398 e. The summed E-state index contributed by atoms with van der Waals surface area (Å²) in [7, 11) is 0. The van der Waals surface area contributed by atoms with Gasteiger partial charge in [-0.2, -0.15) is 5.10 Å². The van der Waals surface area contributed by atoms with Crippen LogP contribution in [-0.4, -0.2) is 15.7 Å². The zero-order valence-corrected chi connectivity index (χ0v) is 8.42. The third-order valence-corrected chi connectivity index (χ3v) is 2.04. The minimum atomic E-state index is -0.508. The zero-order valence-electron chi connectivity index (χ0n) is 8.42. The maximum atomic E-state index is 10.9. The summed E-state index contributed by atoms with van der Waals surface area (Å²) in [6.07, 6.45) is 9.91. The molecule has 0 saturated heterocycles. The van der Waals surface area contributed by atoms with Crippen LogP contribution >= 0.6 is 0 Å². The number of nitrogens with two attached hydrogens (primary N) is 2. The Bertz CT molecular complexity index is 556. The number of carbonyl (C=O) groups is 1. The fraction of sp³-hybridized carbons (Fsp3) is 0. The van der Waals surface area contributed by atoms with Gasteiger partial charge in [-0.25, -0.2) is 4.68 Å². The zero-order chi connectivity index (χ0) is 11.5. The molecular weight excluding hydrogens is 204 g/mol. The highest BCUT2D eigenvalue weighted by Crippen LogP contribution is 2.08. The van der Waals surface area contributed by atoms with Crippen molar-refractivity contribution in [3.63, 3.8) is 0 Å². The van der Waals surface area contributed by atoms with E-state index in [0.717, 1.165) is 0 Å². The number of amides is 1. The smallest absolute Gasteiger partial charge is 0.251 e. The monoisotopic (exact) mass is 214 g/mol. The van der Waals surface area contributed by atoms with Gasteiger partial charge in [0.1, 0.15) is 5.70 Å². The highest BCUT2D eigenvalue weighted by Gasteiger charge is 2.05.